The van der Waals surface area contributed by atoms with Crippen LogP contribution in [0, 0.1) is 16.0 Å². The molecule has 0 spiro atoms. The molecule has 0 radical (unpaired) electrons. The normalized spacial score (nSPS) is 15.0. The molecule has 1 N–H and O–H groups in total. The summed E-state index contributed by atoms with van der Waals surface area (Å²) in [6, 6.07) is 1.44. The third-order valence-corrected chi connectivity index (χ3v) is 3.92. The fraction of sp³-hybridized carbons (Fsp3) is 0.571. The standard InChI is InChI=1S/C14H20N4O3/c1-15-13-7-11(12(8-16-13)18(20)21)14(19)17(2)9-10-5-3-4-6-10/h7-8,10H,3-6,9H2,1-2H3,(H,15,16). The summed E-state index contributed by atoms with van der Waals surface area (Å²) in [4.78, 5) is 28.5. The molecule has 1 amide bonds. The number of hydrogen-bond acceptors (Lipinski definition) is 5. The van der Waals surface area contributed by atoms with Gasteiger partial charge in [-0.05, 0) is 18.8 Å². The van der Waals surface area contributed by atoms with Gasteiger partial charge in [-0.15, -0.1) is 0 Å². The molecule has 1 aromatic heterocycles. The first-order chi connectivity index (χ1) is 10.0. The lowest BCUT2D eigenvalue weighted by molar-refractivity contribution is -0.385. The number of anilines is 1. The number of amides is 1. The van der Waals surface area contributed by atoms with Crippen LogP contribution in [0.3, 0.4) is 0 Å². The molecule has 1 saturated carbocycles. The first-order valence-electron chi connectivity index (χ1n) is 7.10. The zero-order chi connectivity index (χ0) is 15.4. The number of aromatic nitrogens is 1. The number of nitrogens with zero attached hydrogens (tertiary/aromatic N) is 3. The van der Waals surface area contributed by atoms with Crippen molar-refractivity contribution in [1.29, 1.82) is 0 Å². The summed E-state index contributed by atoms with van der Waals surface area (Å²) in [7, 11) is 3.36. The molecule has 0 atom stereocenters. The molecule has 0 bridgehead atoms. The van der Waals surface area contributed by atoms with Crippen LogP contribution in [-0.2, 0) is 0 Å². The van der Waals surface area contributed by atoms with Crippen LogP contribution >= 0.6 is 0 Å². The maximum Gasteiger partial charge on any atom is 0.300 e. The summed E-state index contributed by atoms with van der Waals surface area (Å²) in [5, 5.41) is 13.9. The third kappa shape index (κ3) is 3.48. The number of nitrogens with one attached hydrogen (secondary N) is 1. The molecule has 7 heteroatoms. The van der Waals surface area contributed by atoms with Crippen molar-refractivity contribution in [2.75, 3.05) is 26.0 Å². The van der Waals surface area contributed by atoms with Gasteiger partial charge in [-0.3, -0.25) is 14.9 Å². The largest absolute Gasteiger partial charge is 0.373 e. The van der Waals surface area contributed by atoms with E-state index >= 15 is 0 Å². The smallest absolute Gasteiger partial charge is 0.300 e. The molecular formula is C14H20N4O3. The zero-order valence-electron chi connectivity index (χ0n) is 12.3. The van der Waals surface area contributed by atoms with Crippen LogP contribution < -0.4 is 5.32 Å². The lowest BCUT2D eigenvalue weighted by Crippen LogP contribution is -2.31. The van der Waals surface area contributed by atoms with Crippen molar-refractivity contribution in [3.05, 3.63) is 27.9 Å². The number of carbonyl (C=O) groups is 1. The van der Waals surface area contributed by atoms with Gasteiger partial charge in [0.15, 0.2) is 0 Å². The van der Waals surface area contributed by atoms with Crippen molar-refractivity contribution >= 4 is 17.4 Å². The van der Waals surface area contributed by atoms with E-state index in [0.29, 0.717) is 18.3 Å². The predicted molar refractivity (Wildman–Crippen MR) is 79.4 cm³/mol. The van der Waals surface area contributed by atoms with Crippen LogP contribution in [0.25, 0.3) is 0 Å². The molecule has 0 saturated heterocycles. The first kappa shape index (κ1) is 15.2. The molecule has 2 rings (SSSR count). The Morgan fingerprint density at radius 1 is 1.52 bits per heavy atom. The molecule has 1 aromatic rings. The van der Waals surface area contributed by atoms with E-state index < -0.39 is 4.92 Å². The van der Waals surface area contributed by atoms with E-state index in [-0.39, 0.29) is 17.2 Å². The quantitative estimate of drug-likeness (QED) is 0.664. The number of carbonyl (C=O) groups excluding carboxylic acids is 1. The Hall–Kier alpha value is -2.18. The molecule has 0 aliphatic heterocycles. The van der Waals surface area contributed by atoms with Gasteiger partial charge in [0.05, 0.1) is 4.92 Å². The van der Waals surface area contributed by atoms with Gasteiger partial charge < -0.3 is 10.2 Å². The highest BCUT2D eigenvalue weighted by atomic mass is 16.6. The highest BCUT2D eigenvalue weighted by Crippen LogP contribution is 2.27. The van der Waals surface area contributed by atoms with E-state index in [1.807, 2.05) is 0 Å². The second kappa shape index (κ2) is 6.51. The van der Waals surface area contributed by atoms with Gasteiger partial charge in [0.1, 0.15) is 17.6 Å². The van der Waals surface area contributed by atoms with Crippen LogP contribution in [0.1, 0.15) is 36.0 Å². The van der Waals surface area contributed by atoms with Gasteiger partial charge >= 0.3 is 0 Å². The Bertz CT molecular complexity index is 541. The number of hydrogen-bond donors (Lipinski definition) is 1. The van der Waals surface area contributed by atoms with Gasteiger partial charge in [-0.2, -0.15) is 0 Å². The maximum absolute atomic E-state index is 12.5. The maximum atomic E-state index is 12.5. The Balaban J connectivity index is 2.21. The van der Waals surface area contributed by atoms with Crippen LogP contribution in [0.4, 0.5) is 11.5 Å². The van der Waals surface area contributed by atoms with Crippen molar-refractivity contribution in [3.63, 3.8) is 0 Å². The van der Waals surface area contributed by atoms with Crippen LogP contribution in [0.2, 0.25) is 0 Å². The lowest BCUT2D eigenvalue weighted by Gasteiger charge is -2.21. The van der Waals surface area contributed by atoms with E-state index in [1.54, 1.807) is 19.0 Å². The minimum absolute atomic E-state index is 0.0832. The molecule has 7 nitrogen and oxygen atoms in total. The highest BCUT2D eigenvalue weighted by molar-refractivity contribution is 5.98. The van der Waals surface area contributed by atoms with E-state index in [1.165, 1.54) is 18.9 Å². The van der Waals surface area contributed by atoms with Crippen molar-refractivity contribution in [1.82, 2.24) is 9.88 Å². The molecule has 1 aliphatic rings. The van der Waals surface area contributed by atoms with Gasteiger partial charge in [0, 0.05) is 26.7 Å². The second-order valence-corrected chi connectivity index (χ2v) is 5.43. The predicted octanol–water partition coefficient (Wildman–Crippen LogP) is 2.29. The summed E-state index contributed by atoms with van der Waals surface area (Å²) in [5.41, 5.74) is -0.169. The number of pyridine rings is 1. The molecule has 1 fully saturated rings. The molecule has 0 unspecified atom stereocenters. The van der Waals surface area contributed by atoms with Crippen molar-refractivity contribution in [2.45, 2.75) is 25.7 Å². The summed E-state index contributed by atoms with van der Waals surface area (Å²) in [6.07, 6.45) is 5.77. The Morgan fingerprint density at radius 2 is 2.19 bits per heavy atom. The summed E-state index contributed by atoms with van der Waals surface area (Å²) < 4.78 is 0. The fourth-order valence-corrected chi connectivity index (χ4v) is 2.77. The van der Waals surface area contributed by atoms with Gasteiger partial charge in [-0.25, -0.2) is 4.98 Å². The van der Waals surface area contributed by atoms with E-state index in [4.69, 9.17) is 0 Å². The van der Waals surface area contributed by atoms with Crippen molar-refractivity contribution in [2.24, 2.45) is 5.92 Å². The Labute approximate surface area is 123 Å². The highest BCUT2D eigenvalue weighted by Gasteiger charge is 2.26. The summed E-state index contributed by atoms with van der Waals surface area (Å²) in [6.45, 7) is 0.646. The van der Waals surface area contributed by atoms with E-state index in [2.05, 4.69) is 10.3 Å². The molecule has 21 heavy (non-hydrogen) atoms. The zero-order valence-corrected chi connectivity index (χ0v) is 12.3. The minimum Gasteiger partial charge on any atom is -0.373 e. The minimum atomic E-state index is -0.566. The molecule has 1 aliphatic carbocycles. The second-order valence-electron chi connectivity index (χ2n) is 5.43. The molecule has 114 valence electrons. The van der Waals surface area contributed by atoms with E-state index in [9.17, 15) is 14.9 Å². The Kier molecular flexibility index (Phi) is 4.72. The van der Waals surface area contributed by atoms with Crippen LogP contribution in [-0.4, -0.2) is 41.4 Å². The van der Waals surface area contributed by atoms with Crippen LogP contribution in [0.15, 0.2) is 12.3 Å². The summed E-state index contributed by atoms with van der Waals surface area (Å²) in [5.74, 6) is 0.620. The molecule has 0 aromatic carbocycles. The molecule has 1 heterocycles. The monoisotopic (exact) mass is 292 g/mol. The van der Waals surface area contributed by atoms with Gasteiger partial charge in [-0.1, -0.05) is 12.8 Å². The fourth-order valence-electron chi connectivity index (χ4n) is 2.77. The van der Waals surface area contributed by atoms with E-state index in [0.717, 1.165) is 19.0 Å². The van der Waals surface area contributed by atoms with Crippen molar-refractivity contribution in [3.8, 4) is 0 Å². The van der Waals surface area contributed by atoms with Gasteiger partial charge in [0.25, 0.3) is 11.6 Å². The first-order valence-corrected chi connectivity index (χ1v) is 7.10. The SMILES string of the molecule is CNc1cc(C(=O)N(C)CC2CCCC2)c([N+](=O)[O-])cn1. The Morgan fingerprint density at radius 3 is 2.76 bits per heavy atom. The van der Waals surface area contributed by atoms with Crippen molar-refractivity contribution < 1.29 is 9.72 Å². The van der Waals surface area contributed by atoms with Crippen LogP contribution in [0.5, 0.6) is 0 Å². The average molecular weight is 292 g/mol. The average Bonchev–Trinajstić information content (AvgIpc) is 2.98. The topological polar surface area (TPSA) is 88.4 Å². The third-order valence-electron chi connectivity index (χ3n) is 3.92. The van der Waals surface area contributed by atoms with Gasteiger partial charge in [0.2, 0.25) is 0 Å². The lowest BCUT2D eigenvalue weighted by atomic mass is 10.1. The number of nitro groups is 1. The summed E-state index contributed by atoms with van der Waals surface area (Å²) >= 11 is 0. The molecular weight excluding hydrogens is 272 g/mol. The number of rotatable bonds is 5.